The van der Waals surface area contributed by atoms with E-state index in [1.54, 1.807) is 0 Å². The fraction of sp³-hybridized carbons (Fsp3) is 0.923. The Labute approximate surface area is 108 Å². The molecule has 2 rings (SSSR count). The summed E-state index contributed by atoms with van der Waals surface area (Å²) in [5.41, 5.74) is 5.97. The normalized spacial score (nSPS) is 27.5. The van der Waals surface area contributed by atoms with Gasteiger partial charge in [-0.25, -0.2) is 4.79 Å². The first-order chi connectivity index (χ1) is 8.68. The summed E-state index contributed by atoms with van der Waals surface area (Å²) in [6.07, 6.45) is 7.16. The second kappa shape index (κ2) is 6.38. The summed E-state index contributed by atoms with van der Waals surface area (Å²) in [7, 11) is 0. The molecular formula is C13H24N2O3. The maximum Gasteiger partial charge on any atom is 0.407 e. The van der Waals surface area contributed by atoms with Gasteiger partial charge in [-0.1, -0.05) is 25.7 Å². The minimum atomic E-state index is -0.362. The van der Waals surface area contributed by atoms with Crippen molar-refractivity contribution in [1.29, 1.82) is 0 Å². The summed E-state index contributed by atoms with van der Waals surface area (Å²) < 4.78 is 10.5. The van der Waals surface area contributed by atoms with Crippen LogP contribution in [0.3, 0.4) is 0 Å². The smallest absolute Gasteiger partial charge is 0.407 e. The third kappa shape index (κ3) is 4.14. The van der Waals surface area contributed by atoms with Crippen LogP contribution in [0.5, 0.6) is 0 Å². The number of nitrogens with one attached hydrogen (secondary N) is 1. The van der Waals surface area contributed by atoms with Crippen molar-refractivity contribution >= 4 is 6.09 Å². The Morgan fingerprint density at radius 3 is 2.67 bits per heavy atom. The summed E-state index contributed by atoms with van der Waals surface area (Å²) in [5, 5.41) is 2.81. The summed E-state index contributed by atoms with van der Waals surface area (Å²) >= 11 is 0. The molecule has 1 unspecified atom stereocenters. The van der Waals surface area contributed by atoms with Crippen LogP contribution in [0.15, 0.2) is 0 Å². The van der Waals surface area contributed by atoms with Gasteiger partial charge in [-0.05, 0) is 19.3 Å². The molecular weight excluding hydrogens is 232 g/mol. The summed E-state index contributed by atoms with van der Waals surface area (Å²) in [6.45, 7) is 1.63. The van der Waals surface area contributed by atoms with Crippen molar-refractivity contribution in [1.82, 2.24) is 5.32 Å². The van der Waals surface area contributed by atoms with Crippen LogP contribution in [0.25, 0.3) is 0 Å². The van der Waals surface area contributed by atoms with Crippen LogP contribution >= 0.6 is 0 Å². The van der Waals surface area contributed by atoms with Crippen LogP contribution in [-0.2, 0) is 9.47 Å². The predicted molar refractivity (Wildman–Crippen MR) is 68.3 cm³/mol. The highest BCUT2D eigenvalue weighted by Gasteiger charge is 2.28. The quantitative estimate of drug-likeness (QED) is 0.751. The van der Waals surface area contributed by atoms with Gasteiger partial charge in [0.1, 0.15) is 6.61 Å². The van der Waals surface area contributed by atoms with Gasteiger partial charge >= 0.3 is 6.09 Å². The largest absolute Gasteiger partial charge is 0.448 e. The van der Waals surface area contributed by atoms with Crippen LogP contribution in [-0.4, -0.2) is 37.5 Å². The summed E-state index contributed by atoms with van der Waals surface area (Å²) in [4.78, 5) is 11.6. The molecule has 104 valence electrons. The highest BCUT2D eigenvalue weighted by molar-refractivity contribution is 5.67. The monoisotopic (exact) mass is 256 g/mol. The number of carbonyl (C=O) groups excluding carboxylic acids is 1. The van der Waals surface area contributed by atoms with Crippen LogP contribution in [0.2, 0.25) is 0 Å². The predicted octanol–water partition coefficient (Wildman–Crippen LogP) is 1.55. The molecule has 1 aliphatic carbocycles. The molecule has 2 fully saturated rings. The minimum absolute atomic E-state index is 0.0976. The van der Waals surface area contributed by atoms with E-state index in [1.165, 1.54) is 12.8 Å². The molecule has 3 N–H and O–H groups in total. The first kappa shape index (κ1) is 13.6. The second-order valence-corrected chi connectivity index (χ2v) is 5.56. The van der Waals surface area contributed by atoms with Crippen molar-refractivity contribution in [3.05, 3.63) is 0 Å². The maximum atomic E-state index is 11.6. The van der Waals surface area contributed by atoms with Gasteiger partial charge in [-0.2, -0.15) is 0 Å². The lowest BCUT2D eigenvalue weighted by Crippen LogP contribution is -2.46. The van der Waals surface area contributed by atoms with Gasteiger partial charge < -0.3 is 20.5 Å². The molecule has 18 heavy (non-hydrogen) atoms. The van der Waals surface area contributed by atoms with Gasteiger partial charge in [-0.3, -0.25) is 0 Å². The Balaban J connectivity index is 1.70. The second-order valence-electron chi connectivity index (χ2n) is 5.56. The minimum Gasteiger partial charge on any atom is -0.448 e. The van der Waals surface area contributed by atoms with E-state index in [0.29, 0.717) is 19.8 Å². The number of carbonyl (C=O) groups is 1. The molecule has 1 amide bonds. The van der Waals surface area contributed by atoms with Crippen molar-refractivity contribution in [2.45, 2.75) is 56.5 Å². The molecule has 1 aliphatic heterocycles. The number of alkyl carbamates (subject to hydrolysis) is 1. The van der Waals surface area contributed by atoms with E-state index in [4.69, 9.17) is 15.2 Å². The molecule has 5 nitrogen and oxygen atoms in total. The van der Waals surface area contributed by atoms with E-state index >= 15 is 0 Å². The Hall–Kier alpha value is -0.810. The number of hydrogen-bond donors (Lipinski definition) is 2. The standard InChI is InChI=1S/C13H24N2O3/c14-13(6-3-1-2-4-7-13)10-18-12(16)15-11-5-8-17-9-11/h11H,1-10,14H2,(H,15,16). The Kier molecular flexibility index (Phi) is 4.83. The molecule has 1 saturated heterocycles. The first-order valence-electron chi connectivity index (χ1n) is 6.98. The third-order valence-corrected chi connectivity index (χ3v) is 3.84. The van der Waals surface area contributed by atoms with Gasteiger partial charge in [0, 0.05) is 6.61 Å². The molecule has 0 spiro atoms. The summed E-state index contributed by atoms with van der Waals surface area (Å²) in [5.74, 6) is 0. The zero-order valence-electron chi connectivity index (χ0n) is 11.0. The fourth-order valence-corrected chi connectivity index (χ4v) is 2.64. The SMILES string of the molecule is NC1(COC(=O)NC2CCOC2)CCCCCC1. The van der Waals surface area contributed by atoms with Gasteiger partial charge in [0.05, 0.1) is 18.2 Å². The van der Waals surface area contributed by atoms with Gasteiger partial charge in [0.25, 0.3) is 0 Å². The lowest BCUT2D eigenvalue weighted by molar-refractivity contribution is 0.106. The molecule has 0 radical (unpaired) electrons. The van der Waals surface area contributed by atoms with Crippen LogP contribution in [0, 0.1) is 0 Å². The number of rotatable bonds is 3. The van der Waals surface area contributed by atoms with Gasteiger partial charge in [0.2, 0.25) is 0 Å². The maximum absolute atomic E-state index is 11.6. The van der Waals surface area contributed by atoms with Crippen LogP contribution in [0.4, 0.5) is 4.79 Å². The highest BCUT2D eigenvalue weighted by Crippen LogP contribution is 2.25. The van der Waals surface area contributed by atoms with Crippen LogP contribution in [0.1, 0.15) is 44.9 Å². The topological polar surface area (TPSA) is 73.6 Å². The molecule has 1 atom stereocenters. The molecule has 0 aromatic heterocycles. The number of amides is 1. The molecule has 0 bridgehead atoms. The lowest BCUT2D eigenvalue weighted by Gasteiger charge is -2.27. The van der Waals surface area contributed by atoms with Crippen molar-refractivity contribution in [2.24, 2.45) is 5.73 Å². The molecule has 1 saturated carbocycles. The van der Waals surface area contributed by atoms with Crippen molar-refractivity contribution < 1.29 is 14.3 Å². The highest BCUT2D eigenvalue weighted by atomic mass is 16.6. The molecule has 5 heteroatoms. The lowest BCUT2D eigenvalue weighted by atomic mass is 9.93. The summed E-state index contributed by atoms with van der Waals surface area (Å²) in [6, 6.07) is 0.0976. The molecule has 0 aromatic carbocycles. The van der Waals surface area contributed by atoms with Crippen molar-refractivity contribution in [3.8, 4) is 0 Å². The molecule has 1 heterocycles. The average Bonchev–Trinajstić information content (AvgIpc) is 2.75. The fourth-order valence-electron chi connectivity index (χ4n) is 2.64. The van der Waals surface area contributed by atoms with Gasteiger partial charge in [-0.15, -0.1) is 0 Å². The molecule has 0 aromatic rings. The average molecular weight is 256 g/mol. The zero-order chi connectivity index (χ0) is 12.8. The number of hydrogen-bond acceptors (Lipinski definition) is 4. The third-order valence-electron chi connectivity index (χ3n) is 3.84. The van der Waals surface area contributed by atoms with E-state index in [1.807, 2.05) is 0 Å². The van der Waals surface area contributed by atoms with Crippen LogP contribution < -0.4 is 11.1 Å². The van der Waals surface area contributed by atoms with Gasteiger partial charge in [0.15, 0.2) is 0 Å². The van der Waals surface area contributed by atoms with E-state index < -0.39 is 0 Å². The Morgan fingerprint density at radius 1 is 1.33 bits per heavy atom. The Bertz CT molecular complexity index is 269. The van der Waals surface area contributed by atoms with E-state index in [9.17, 15) is 4.79 Å². The van der Waals surface area contributed by atoms with E-state index in [2.05, 4.69) is 5.32 Å². The van der Waals surface area contributed by atoms with Crippen molar-refractivity contribution in [2.75, 3.05) is 19.8 Å². The molecule has 2 aliphatic rings. The van der Waals surface area contributed by atoms with Crippen molar-refractivity contribution in [3.63, 3.8) is 0 Å². The zero-order valence-corrected chi connectivity index (χ0v) is 11.0. The van der Waals surface area contributed by atoms with E-state index in [-0.39, 0.29) is 17.7 Å². The first-order valence-corrected chi connectivity index (χ1v) is 6.98. The Morgan fingerprint density at radius 2 is 2.06 bits per heavy atom. The number of ether oxygens (including phenoxy) is 2. The van der Waals surface area contributed by atoms with E-state index in [0.717, 1.165) is 32.1 Å². The number of nitrogens with two attached hydrogens (primary N) is 1.